The number of furan rings is 1. The van der Waals surface area contributed by atoms with Crippen LogP contribution in [0.5, 0.6) is 0 Å². The Kier molecular flexibility index (Phi) is 3.75. The molecule has 1 aliphatic rings. The second kappa shape index (κ2) is 4.92. The Bertz CT molecular complexity index is 338. The smallest absolute Gasteiger partial charge is 0.169 e. The van der Waals surface area contributed by atoms with Crippen LogP contribution in [0.4, 0.5) is 0 Å². The summed E-state index contributed by atoms with van der Waals surface area (Å²) in [6.07, 6.45) is 5.45. The van der Waals surface area contributed by atoms with Crippen LogP contribution >= 0.6 is 15.9 Å². The molecule has 3 heteroatoms. The fraction of sp³-hybridized carbons (Fsp3) is 0.692. The van der Waals surface area contributed by atoms with E-state index >= 15 is 0 Å². The molecule has 1 aromatic heterocycles. The summed E-state index contributed by atoms with van der Waals surface area (Å²) in [7, 11) is 0. The molecule has 0 aromatic carbocycles. The minimum Gasteiger partial charge on any atom is -0.453 e. The van der Waals surface area contributed by atoms with E-state index in [1.165, 1.54) is 25.7 Å². The van der Waals surface area contributed by atoms with Crippen molar-refractivity contribution in [2.45, 2.75) is 45.6 Å². The summed E-state index contributed by atoms with van der Waals surface area (Å²) in [6, 6.07) is 4.28. The number of hydrogen-bond donors (Lipinski definition) is 1. The number of hydrogen-bond acceptors (Lipinski definition) is 2. The molecule has 1 unspecified atom stereocenters. The molecule has 0 bridgehead atoms. The second-order valence-electron chi connectivity index (χ2n) is 4.95. The molecule has 0 saturated heterocycles. The van der Waals surface area contributed by atoms with Crippen LogP contribution in [0.3, 0.4) is 0 Å². The summed E-state index contributed by atoms with van der Waals surface area (Å²) < 4.78 is 6.36. The monoisotopic (exact) mass is 285 g/mol. The Morgan fingerprint density at radius 2 is 2.25 bits per heavy atom. The zero-order valence-electron chi connectivity index (χ0n) is 10.1. The molecule has 1 aliphatic carbocycles. The summed E-state index contributed by atoms with van der Waals surface area (Å²) in [6.45, 7) is 5.57. The fourth-order valence-electron chi connectivity index (χ4n) is 2.36. The normalized spacial score (nSPS) is 20.4. The minimum absolute atomic E-state index is 0.301. The predicted octanol–water partition coefficient (Wildman–Crippen LogP) is 4.27. The Hall–Kier alpha value is -0.280. The molecule has 0 amide bonds. The highest BCUT2D eigenvalue weighted by Crippen LogP contribution is 2.43. The van der Waals surface area contributed by atoms with E-state index in [1.807, 2.05) is 12.1 Å². The van der Waals surface area contributed by atoms with Crippen molar-refractivity contribution >= 4 is 15.9 Å². The van der Waals surface area contributed by atoms with Gasteiger partial charge in [0.15, 0.2) is 4.67 Å². The first-order chi connectivity index (χ1) is 7.65. The molecule has 1 fully saturated rings. The van der Waals surface area contributed by atoms with Gasteiger partial charge in [-0.15, -0.1) is 0 Å². The lowest BCUT2D eigenvalue weighted by molar-refractivity contribution is 0.118. The minimum atomic E-state index is 0.301. The van der Waals surface area contributed by atoms with E-state index in [4.69, 9.17) is 4.42 Å². The van der Waals surface area contributed by atoms with Gasteiger partial charge in [-0.05, 0) is 59.7 Å². The zero-order chi connectivity index (χ0) is 11.6. The molecule has 2 nitrogen and oxygen atoms in total. The quantitative estimate of drug-likeness (QED) is 0.874. The van der Waals surface area contributed by atoms with Crippen molar-refractivity contribution in [1.29, 1.82) is 0 Å². The van der Waals surface area contributed by atoms with E-state index in [9.17, 15) is 0 Å². The third-order valence-corrected chi connectivity index (χ3v) is 4.39. The van der Waals surface area contributed by atoms with Crippen molar-refractivity contribution in [3.05, 3.63) is 22.6 Å². The van der Waals surface area contributed by atoms with E-state index in [2.05, 4.69) is 35.1 Å². The standard InChI is InChI=1S/C13H20BrNO/c1-3-13(7-4-8-13)9-15-10(2)11-5-6-12(14)16-11/h5-6,10,15H,3-4,7-9H2,1-2H3. The molecule has 0 aliphatic heterocycles. The van der Waals surface area contributed by atoms with Gasteiger partial charge >= 0.3 is 0 Å². The van der Waals surface area contributed by atoms with Gasteiger partial charge in [-0.3, -0.25) is 0 Å². The van der Waals surface area contributed by atoms with Crippen molar-refractivity contribution in [2.75, 3.05) is 6.54 Å². The maximum atomic E-state index is 5.55. The van der Waals surface area contributed by atoms with Crippen LogP contribution in [0.2, 0.25) is 0 Å². The lowest BCUT2D eigenvalue weighted by atomic mass is 9.67. The first-order valence-corrected chi connectivity index (χ1v) is 6.93. The molecule has 2 rings (SSSR count). The first kappa shape index (κ1) is 12.2. The molecular weight excluding hydrogens is 266 g/mol. The molecule has 90 valence electrons. The molecular formula is C13H20BrNO. The molecule has 1 aromatic rings. The van der Waals surface area contributed by atoms with E-state index in [-0.39, 0.29) is 0 Å². The van der Waals surface area contributed by atoms with Crippen LogP contribution in [0, 0.1) is 5.41 Å². The average Bonchev–Trinajstić information content (AvgIpc) is 2.64. The van der Waals surface area contributed by atoms with Crippen LogP contribution in [0.1, 0.15) is 51.3 Å². The summed E-state index contributed by atoms with van der Waals surface area (Å²) in [5.41, 5.74) is 0.568. The van der Waals surface area contributed by atoms with Gasteiger partial charge < -0.3 is 9.73 Å². The fourth-order valence-corrected chi connectivity index (χ4v) is 2.68. The zero-order valence-corrected chi connectivity index (χ0v) is 11.6. The highest BCUT2D eigenvalue weighted by molar-refractivity contribution is 9.10. The first-order valence-electron chi connectivity index (χ1n) is 6.14. The Labute approximate surface area is 106 Å². The van der Waals surface area contributed by atoms with Gasteiger partial charge in [0, 0.05) is 6.54 Å². The second-order valence-corrected chi connectivity index (χ2v) is 5.73. The summed E-state index contributed by atoms with van der Waals surface area (Å²) in [5.74, 6) is 1.01. The van der Waals surface area contributed by atoms with Crippen molar-refractivity contribution < 1.29 is 4.42 Å². The van der Waals surface area contributed by atoms with Gasteiger partial charge in [0.25, 0.3) is 0 Å². The van der Waals surface area contributed by atoms with Crippen molar-refractivity contribution in [3.63, 3.8) is 0 Å². The van der Waals surface area contributed by atoms with Gasteiger partial charge in [0.05, 0.1) is 6.04 Å². The van der Waals surface area contributed by atoms with Gasteiger partial charge in [0.2, 0.25) is 0 Å². The molecule has 16 heavy (non-hydrogen) atoms. The molecule has 1 atom stereocenters. The van der Waals surface area contributed by atoms with Crippen LogP contribution in [0.25, 0.3) is 0 Å². The van der Waals surface area contributed by atoms with Gasteiger partial charge in [-0.25, -0.2) is 0 Å². The van der Waals surface area contributed by atoms with E-state index in [1.54, 1.807) is 0 Å². The average molecular weight is 286 g/mol. The van der Waals surface area contributed by atoms with E-state index < -0.39 is 0 Å². The maximum absolute atomic E-state index is 5.55. The van der Waals surface area contributed by atoms with E-state index in [0.29, 0.717) is 11.5 Å². The van der Waals surface area contributed by atoms with Crippen LogP contribution < -0.4 is 5.32 Å². The Morgan fingerprint density at radius 3 is 2.69 bits per heavy atom. The molecule has 1 saturated carbocycles. The van der Waals surface area contributed by atoms with Gasteiger partial charge in [-0.1, -0.05) is 13.3 Å². The third-order valence-electron chi connectivity index (χ3n) is 3.97. The molecule has 1 N–H and O–H groups in total. The largest absolute Gasteiger partial charge is 0.453 e. The van der Waals surface area contributed by atoms with Crippen molar-refractivity contribution in [2.24, 2.45) is 5.41 Å². The topological polar surface area (TPSA) is 25.2 Å². The van der Waals surface area contributed by atoms with Crippen LogP contribution in [0.15, 0.2) is 21.2 Å². The Balaban J connectivity index is 1.86. The lowest BCUT2D eigenvalue weighted by Gasteiger charge is -2.42. The Morgan fingerprint density at radius 1 is 1.50 bits per heavy atom. The highest BCUT2D eigenvalue weighted by atomic mass is 79.9. The highest BCUT2D eigenvalue weighted by Gasteiger charge is 2.35. The summed E-state index contributed by atoms with van der Waals surface area (Å²) in [5, 5.41) is 3.59. The van der Waals surface area contributed by atoms with E-state index in [0.717, 1.165) is 17.0 Å². The number of nitrogens with one attached hydrogen (secondary N) is 1. The van der Waals surface area contributed by atoms with Crippen molar-refractivity contribution in [3.8, 4) is 0 Å². The van der Waals surface area contributed by atoms with Crippen LogP contribution in [-0.4, -0.2) is 6.54 Å². The number of rotatable bonds is 5. The SMILES string of the molecule is CCC1(CNC(C)c2ccc(Br)o2)CCC1. The van der Waals surface area contributed by atoms with Gasteiger partial charge in [-0.2, -0.15) is 0 Å². The van der Waals surface area contributed by atoms with Crippen LogP contribution in [-0.2, 0) is 0 Å². The number of halogens is 1. The molecule has 0 spiro atoms. The third kappa shape index (κ3) is 2.51. The predicted molar refractivity (Wildman–Crippen MR) is 69.4 cm³/mol. The molecule has 0 radical (unpaired) electrons. The lowest BCUT2D eigenvalue weighted by Crippen LogP contribution is -2.40. The van der Waals surface area contributed by atoms with Gasteiger partial charge in [0.1, 0.15) is 5.76 Å². The molecule has 1 heterocycles. The summed E-state index contributed by atoms with van der Waals surface area (Å²) >= 11 is 3.34. The van der Waals surface area contributed by atoms with Crippen molar-refractivity contribution in [1.82, 2.24) is 5.32 Å². The maximum Gasteiger partial charge on any atom is 0.169 e. The summed E-state index contributed by atoms with van der Waals surface area (Å²) in [4.78, 5) is 0.